The Kier molecular flexibility index (Phi) is 3.50. The van der Waals surface area contributed by atoms with Crippen molar-refractivity contribution in [3.63, 3.8) is 0 Å². The average Bonchev–Trinajstić information content (AvgIpc) is 2.94. The zero-order valence-corrected chi connectivity index (χ0v) is 9.12. The zero-order chi connectivity index (χ0) is 11.5. The van der Waals surface area contributed by atoms with E-state index in [0.29, 0.717) is 19.6 Å². The van der Waals surface area contributed by atoms with Crippen molar-refractivity contribution < 1.29 is 19.1 Å². The highest BCUT2D eigenvalue weighted by molar-refractivity contribution is 5.92. The molecule has 2 unspecified atom stereocenters. The zero-order valence-electron chi connectivity index (χ0n) is 9.12. The average molecular weight is 212 g/mol. The molecular weight excluding hydrogens is 196 g/mol. The van der Waals surface area contributed by atoms with Crippen LogP contribution in [0.15, 0.2) is 12.7 Å². The Bertz CT molecular complexity index is 284. The fourth-order valence-electron chi connectivity index (χ4n) is 1.62. The number of hydrogen-bond acceptors (Lipinski definition) is 4. The lowest BCUT2D eigenvalue weighted by Crippen LogP contribution is -2.22. The topological polar surface area (TPSA) is 52.6 Å². The Hall–Kier alpha value is -1.32. The van der Waals surface area contributed by atoms with Gasteiger partial charge in [0.25, 0.3) is 0 Å². The first-order valence-electron chi connectivity index (χ1n) is 5.09. The van der Waals surface area contributed by atoms with Crippen LogP contribution in [-0.2, 0) is 19.1 Å². The molecule has 0 saturated heterocycles. The molecule has 1 saturated carbocycles. The second kappa shape index (κ2) is 4.47. The van der Waals surface area contributed by atoms with E-state index >= 15 is 0 Å². The quantitative estimate of drug-likeness (QED) is 0.509. The molecule has 2 atom stereocenters. The number of esters is 2. The van der Waals surface area contributed by atoms with Gasteiger partial charge in [-0.25, -0.2) is 0 Å². The summed E-state index contributed by atoms with van der Waals surface area (Å²) in [6.45, 7) is 7.69. The fraction of sp³-hybridized carbons (Fsp3) is 0.636. The molecule has 0 spiro atoms. The van der Waals surface area contributed by atoms with Crippen LogP contribution in [0.2, 0.25) is 0 Å². The fourth-order valence-corrected chi connectivity index (χ4v) is 1.62. The van der Waals surface area contributed by atoms with Crippen LogP contribution in [0.3, 0.4) is 0 Å². The lowest BCUT2D eigenvalue weighted by Gasteiger charge is -2.10. The Morgan fingerprint density at radius 2 is 2.00 bits per heavy atom. The van der Waals surface area contributed by atoms with Gasteiger partial charge in [-0.3, -0.25) is 9.59 Å². The van der Waals surface area contributed by atoms with E-state index in [2.05, 4.69) is 6.58 Å². The van der Waals surface area contributed by atoms with Gasteiger partial charge in [0.15, 0.2) is 0 Å². The van der Waals surface area contributed by atoms with Gasteiger partial charge in [-0.15, -0.1) is 6.58 Å². The van der Waals surface area contributed by atoms with Crippen molar-refractivity contribution in [2.24, 2.45) is 11.3 Å². The predicted molar refractivity (Wildman–Crippen MR) is 54.0 cm³/mol. The number of hydrogen-bond donors (Lipinski definition) is 0. The van der Waals surface area contributed by atoms with Gasteiger partial charge in [-0.2, -0.15) is 0 Å². The Morgan fingerprint density at radius 1 is 1.40 bits per heavy atom. The van der Waals surface area contributed by atoms with E-state index < -0.39 is 11.3 Å². The van der Waals surface area contributed by atoms with Gasteiger partial charge in [0.2, 0.25) is 0 Å². The van der Waals surface area contributed by atoms with Gasteiger partial charge >= 0.3 is 11.9 Å². The third-order valence-corrected chi connectivity index (χ3v) is 2.59. The van der Waals surface area contributed by atoms with Crippen molar-refractivity contribution in [1.82, 2.24) is 0 Å². The van der Waals surface area contributed by atoms with Crippen molar-refractivity contribution in [3.05, 3.63) is 12.7 Å². The van der Waals surface area contributed by atoms with Crippen LogP contribution in [0, 0.1) is 11.3 Å². The highest BCUT2D eigenvalue weighted by Gasteiger charge is 2.63. The van der Waals surface area contributed by atoms with E-state index in [1.165, 1.54) is 6.08 Å². The first kappa shape index (κ1) is 11.8. The summed E-state index contributed by atoms with van der Waals surface area (Å²) in [7, 11) is 0. The summed E-state index contributed by atoms with van der Waals surface area (Å²) in [5.41, 5.74) is -0.831. The van der Waals surface area contributed by atoms with E-state index in [4.69, 9.17) is 9.47 Å². The molecule has 0 aromatic rings. The molecule has 0 N–H and O–H groups in total. The van der Waals surface area contributed by atoms with E-state index in [0.717, 1.165) is 0 Å². The lowest BCUT2D eigenvalue weighted by molar-refractivity contribution is -0.153. The van der Waals surface area contributed by atoms with Gasteiger partial charge in [-0.1, -0.05) is 6.08 Å². The van der Waals surface area contributed by atoms with Crippen molar-refractivity contribution in [1.29, 1.82) is 0 Å². The van der Waals surface area contributed by atoms with Crippen LogP contribution in [0.4, 0.5) is 0 Å². The summed E-state index contributed by atoms with van der Waals surface area (Å²) in [6, 6.07) is 0. The summed E-state index contributed by atoms with van der Waals surface area (Å²) >= 11 is 0. The SMILES string of the molecule is C=CC1(C(=O)OCC)CC1C(=O)OCC. The summed E-state index contributed by atoms with van der Waals surface area (Å²) in [5.74, 6) is -1.13. The minimum absolute atomic E-state index is 0.309. The smallest absolute Gasteiger partial charge is 0.316 e. The maximum atomic E-state index is 11.6. The molecule has 15 heavy (non-hydrogen) atoms. The molecule has 1 rings (SSSR count). The molecule has 1 aliphatic carbocycles. The van der Waals surface area contributed by atoms with Gasteiger partial charge < -0.3 is 9.47 Å². The molecule has 0 amide bonds. The monoisotopic (exact) mass is 212 g/mol. The summed E-state index contributed by atoms with van der Waals surface area (Å²) in [5, 5.41) is 0. The molecule has 4 heteroatoms. The predicted octanol–water partition coefficient (Wildman–Crippen LogP) is 1.30. The van der Waals surface area contributed by atoms with E-state index in [1.54, 1.807) is 13.8 Å². The molecule has 0 heterocycles. The van der Waals surface area contributed by atoms with Crippen molar-refractivity contribution in [2.75, 3.05) is 13.2 Å². The minimum atomic E-state index is -0.831. The largest absolute Gasteiger partial charge is 0.466 e. The minimum Gasteiger partial charge on any atom is -0.466 e. The van der Waals surface area contributed by atoms with Crippen LogP contribution >= 0.6 is 0 Å². The highest BCUT2D eigenvalue weighted by Crippen LogP contribution is 2.55. The first-order valence-corrected chi connectivity index (χ1v) is 5.09. The second-order valence-corrected chi connectivity index (χ2v) is 3.47. The van der Waals surface area contributed by atoms with Crippen molar-refractivity contribution >= 4 is 11.9 Å². The van der Waals surface area contributed by atoms with E-state index in [-0.39, 0.29) is 11.9 Å². The Balaban J connectivity index is 2.64. The summed E-state index contributed by atoms with van der Waals surface area (Å²) in [6.07, 6.45) is 1.95. The molecule has 0 bridgehead atoms. The van der Waals surface area contributed by atoms with Gasteiger partial charge in [0.1, 0.15) is 0 Å². The number of carbonyl (C=O) groups is 2. The maximum Gasteiger partial charge on any atom is 0.316 e. The van der Waals surface area contributed by atoms with Crippen LogP contribution in [0.1, 0.15) is 20.3 Å². The molecule has 0 radical (unpaired) electrons. The molecule has 0 aromatic heterocycles. The molecule has 84 valence electrons. The second-order valence-electron chi connectivity index (χ2n) is 3.47. The normalized spacial score (nSPS) is 28.0. The Labute approximate surface area is 89.2 Å². The maximum absolute atomic E-state index is 11.6. The number of carbonyl (C=O) groups excluding carboxylic acids is 2. The standard InChI is InChI=1S/C11H16O4/c1-4-11(10(13)15-6-3)7-8(11)9(12)14-5-2/h4,8H,1,5-7H2,2-3H3. The Morgan fingerprint density at radius 3 is 2.47 bits per heavy atom. The summed E-state index contributed by atoms with van der Waals surface area (Å²) in [4.78, 5) is 23.0. The van der Waals surface area contributed by atoms with Gasteiger partial charge in [-0.05, 0) is 20.3 Å². The van der Waals surface area contributed by atoms with E-state index in [9.17, 15) is 9.59 Å². The molecule has 0 aliphatic heterocycles. The molecular formula is C11H16O4. The first-order chi connectivity index (χ1) is 7.12. The van der Waals surface area contributed by atoms with Crippen LogP contribution < -0.4 is 0 Å². The van der Waals surface area contributed by atoms with Crippen molar-refractivity contribution in [2.45, 2.75) is 20.3 Å². The number of ether oxygens (including phenoxy) is 2. The third kappa shape index (κ3) is 2.03. The van der Waals surface area contributed by atoms with Crippen LogP contribution in [0.5, 0.6) is 0 Å². The molecule has 0 aromatic carbocycles. The highest BCUT2D eigenvalue weighted by atomic mass is 16.5. The third-order valence-electron chi connectivity index (χ3n) is 2.59. The van der Waals surface area contributed by atoms with Crippen LogP contribution in [0.25, 0.3) is 0 Å². The molecule has 1 aliphatic rings. The summed E-state index contributed by atoms with van der Waals surface area (Å²) < 4.78 is 9.76. The van der Waals surface area contributed by atoms with Crippen molar-refractivity contribution in [3.8, 4) is 0 Å². The molecule has 1 fully saturated rings. The van der Waals surface area contributed by atoms with Crippen LogP contribution in [-0.4, -0.2) is 25.2 Å². The van der Waals surface area contributed by atoms with E-state index in [1.807, 2.05) is 0 Å². The van der Waals surface area contributed by atoms with Gasteiger partial charge in [0, 0.05) is 0 Å². The lowest BCUT2D eigenvalue weighted by atomic mass is 10.0. The molecule has 4 nitrogen and oxygen atoms in total. The van der Waals surface area contributed by atoms with Gasteiger partial charge in [0.05, 0.1) is 24.5 Å². The number of rotatable bonds is 5.